The Morgan fingerprint density at radius 3 is 2.63 bits per heavy atom. The van der Waals surface area contributed by atoms with Gasteiger partial charge in [0.25, 0.3) is 5.89 Å². The van der Waals surface area contributed by atoms with Crippen LogP contribution >= 0.6 is 0 Å². The molecule has 0 N–H and O–H groups in total. The van der Waals surface area contributed by atoms with E-state index in [-0.39, 0.29) is 6.10 Å². The highest BCUT2D eigenvalue weighted by atomic mass is 16.5. The summed E-state index contributed by atoms with van der Waals surface area (Å²) in [5, 5.41) is 0. The summed E-state index contributed by atoms with van der Waals surface area (Å²) in [5.41, 5.74) is 2.16. The van der Waals surface area contributed by atoms with E-state index in [1.807, 2.05) is 38.4 Å². The van der Waals surface area contributed by atoms with Crippen molar-refractivity contribution in [1.29, 1.82) is 0 Å². The Morgan fingerprint density at radius 1 is 1.07 bits per heavy atom. The Morgan fingerprint density at radius 2 is 1.93 bits per heavy atom. The zero-order chi connectivity index (χ0) is 18.6. The first-order valence-electron chi connectivity index (χ1n) is 9.43. The molecule has 1 aliphatic rings. The summed E-state index contributed by atoms with van der Waals surface area (Å²) in [4.78, 5) is 11.2. The first kappa shape index (κ1) is 17.9. The van der Waals surface area contributed by atoms with Crippen molar-refractivity contribution in [3.05, 3.63) is 59.4 Å². The number of pyridine rings is 1. The van der Waals surface area contributed by atoms with Crippen LogP contribution in [0.3, 0.4) is 0 Å². The van der Waals surface area contributed by atoms with Gasteiger partial charge in [0.2, 0.25) is 0 Å². The van der Waals surface area contributed by atoms with Gasteiger partial charge in [0.15, 0.2) is 5.76 Å². The van der Waals surface area contributed by atoms with Gasteiger partial charge in [0.05, 0.1) is 11.8 Å². The quantitative estimate of drug-likeness (QED) is 0.626. The van der Waals surface area contributed by atoms with E-state index in [9.17, 15) is 0 Å². The largest absolute Gasteiger partial charge is 0.456 e. The molecule has 1 aliphatic heterocycles. The lowest BCUT2D eigenvalue weighted by molar-refractivity contribution is 0.0673. The van der Waals surface area contributed by atoms with E-state index in [2.05, 4.69) is 22.0 Å². The van der Waals surface area contributed by atoms with Crippen LogP contribution in [0.2, 0.25) is 0 Å². The van der Waals surface area contributed by atoms with Crippen LogP contribution in [0.25, 0.3) is 11.7 Å². The van der Waals surface area contributed by atoms with Gasteiger partial charge in [-0.2, -0.15) is 0 Å². The van der Waals surface area contributed by atoms with Crippen molar-refractivity contribution in [2.24, 2.45) is 0 Å². The maximum absolute atomic E-state index is 5.86. The topological polar surface area (TPSA) is 64.5 Å². The average molecular weight is 367 g/mol. The molecule has 6 nitrogen and oxygen atoms in total. The standard InChI is InChI=1S/C21H25N3O3/c1-15-5-6-20(26-15)21-23-19(16(2)27-21)14-24(13-18-4-3-11-25-18)12-17-7-9-22-10-8-17/h5-10,18H,3-4,11-14H2,1-2H3/t18-/m1/s1. The third kappa shape index (κ3) is 4.46. The molecule has 0 saturated carbocycles. The van der Waals surface area contributed by atoms with E-state index in [1.165, 1.54) is 5.56 Å². The Bertz CT molecular complexity index is 866. The van der Waals surface area contributed by atoms with Crippen molar-refractivity contribution in [3.63, 3.8) is 0 Å². The number of hydrogen-bond donors (Lipinski definition) is 0. The van der Waals surface area contributed by atoms with Crippen LogP contribution in [0.4, 0.5) is 0 Å². The number of furan rings is 1. The highest BCUT2D eigenvalue weighted by Gasteiger charge is 2.22. The van der Waals surface area contributed by atoms with Crippen molar-refractivity contribution in [3.8, 4) is 11.7 Å². The number of rotatable bonds is 7. The van der Waals surface area contributed by atoms with Crippen molar-refractivity contribution >= 4 is 0 Å². The fourth-order valence-corrected chi connectivity index (χ4v) is 3.45. The summed E-state index contributed by atoms with van der Waals surface area (Å²) < 4.78 is 17.4. The smallest absolute Gasteiger partial charge is 0.263 e. The Hall–Kier alpha value is -2.44. The molecule has 3 aromatic rings. The molecule has 0 aliphatic carbocycles. The van der Waals surface area contributed by atoms with E-state index in [0.29, 0.717) is 18.2 Å². The molecule has 0 radical (unpaired) electrons. The number of nitrogens with zero attached hydrogens (tertiary/aromatic N) is 3. The van der Waals surface area contributed by atoms with Gasteiger partial charge in [-0.15, -0.1) is 0 Å². The second-order valence-electron chi connectivity index (χ2n) is 7.09. The van der Waals surface area contributed by atoms with Gasteiger partial charge in [-0.3, -0.25) is 9.88 Å². The molecule has 0 unspecified atom stereocenters. The first-order chi connectivity index (χ1) is 13.2. The van der Waals surface area contributed by atoms with E-state index >= 15 is 0 Å². The van der Waals surface area contributed by atoms with Gasteiger partial charge >= 0.3 is 0 Å². The molecule has 3 aromatic heterocycles. The fraction of sp³-hybridized carbons (Fsp3) is 0.429. The minimum Gasteiger partial charge on any atom is -0.456 e. The molecule has 4 rings (SSSR count). The maximum Gasteiger partial charge on any atom is 0.263 e. The Kier molecular flexibility index (Phi) is 5.36. The molecular weight excluding hydrogens is 342 g/mol. The third-order valence-electron chi connectivity index (χ3n) is 4.86. The second kappa shape index (κ2) is 8.06. The highest BCUT2D eigenvalue weighted by Crippen LogP contribution is 2.25. The first-order valence-corrected chi connectivity index (χ1v) is 9.43. The monoisotopic (exact) mass is 367 g/mol. The molecular formula is C21H25N3O3. The van der Waals surface area contributed by atoms with Crippen LogP contribution in [0.5, 0.6) is 0 Å². The summed E-state index contributed by atoms with van der Waals surface area (Å²) in [6, 6.07) is 7.91. The van der Waals surface area contributed by atoms with E-state index in [1.54, 1.807) is 0 Å². The van der Waals surface area contributed by atoms with Crippen molar-refractivity contribution in [1.82, 2.24) is 14.9 Å². The summed E-state index contributed by atoms with van der Waals surface area (Å²) in [6.45, 7) is 7.14. The van der Waals surface area contributed by atoms with Gasteiger partial charge in [-0.1, -0.05) is 0 Å². The van der Waals surface area contributed by atoms with Crippen molar-refractivity contribution in [2.75, 3.05) is 13.2 Å². The Labute approximate surface area is 159 Å². The summed E-state index contributed by atoms with van der Waals surface area (Å²) in [6.07, 6.45) is 6.20. The normalized spacial score (nSPS) is 17.1. The zero-order valence-corrected chi connectivity index (χ0v) is 15.9. The molecule has 6 heteroatoms. The minimum atomic E-state index is 0.284. The second-order valence-corrected chi connectivity index (χ2v) is 7.09. The molecule has 4 heterocycles. The number of aromatic nitrogens is 2. The van der Waals surface area contributed by atoms with Crippen LogP contribution in [0.15, 0.2) is 45.5 Å². The summed E-state index contributed by atoms with van der Waals surface area (Å²) >= 11 is 0. The molecule has 142 valence electrons. The van der Waals surface area contributed by atoms with E-state index < -0.39 is 0 Å². The lowest BCUT2D eigenvalue weighted by Gasteiger charge is -2.24. The highest BCUT2D eigenvalue weighted by molar-refractivity contribution is 5.45. The van der Waals surface area contributed by atoms with Gasteiger partial charge in [-0.25, -0.2) is 4.98 Å². The molecule has 0 amide bonds. The summed E-state index contributed by atoms with van der Waals surface area (Å²) in [7, 11) is 0. The van der Waals surface area contributed by atoms with Gasteiger partial charge in [-0.05, 0) is 56.5 Å². The van der Waals surface area contributed by atoms with Crippen LogP contribution in [-0.2, 0) is 17.8 Å². The molecule has 1 atom stereocenters. The molecule has 0 spiro atoms. The molecule has 1 saturated heterocycles. The number of oxazole rings is 1. The SMILES string of the molecule is Cc1ccc(-c2nc(CN(Cc3ccncc3)C[C@H]3CCCO3)c(C)o2)o1. The van der Waals surface area contributed by atoms with Gasteiger partial charge < -0.3 is 13.6 Å². The van der Waals surface area contributed by atoms with E-state index in [0.717, 1.165) is 49.8 Å². The number of ether oxygens (including phenoxy) is 1. The zero-order valence-electron chi connectivity index (χ0n) is 15.9. The maximum atomic E-state index is 5.86. The van der Waals surface area contributed by atoms with Gasteiger partial charge in [0.1, 0.15) is 11.5 Å². The average Bonchev–Trinajstić information content (AvgIpc) is 3.39. The predicted octanol–water partition coefficient (Wildman–Crippen LogP) is 4.13. The molecule has 1 fully saturated rings. The van der Waals surface area contributed by atoms with Crippen LogP contribution < -0.4 is 0 Å². The molecule has 0 bridgehead atoms. The predicted molar refractivity (Wildman–Crippen MR) is 101 cm³/mol. The van der Waals surface area contributed by atoms with E-state index in [4.69, 9.17) is 18.6 Å². The molecule has 0 aromatic carbocycles. The fourth-order valence-electron chi connectivity index (χ4n) is 3.45. The van der Waals surface area contributed by atoms with Gasteiger partial charge in [0, 0.05) is 38.6 Å². The molecule has 27 heavy (non-hydrogen) atoms. The van der Waals surface area contributed by atoms with Crippen LogP contribution in [0.1, 0.15) is 35.6 Å². The lowest BCUT2D eigenvalue weighted by atomic mass is 10.2. The summed E-state index contributed by atoms with van der Waals surface area (Å²) in [5.74, 6) is 2.88. The van der Waals surface area contributed by atoms with Crippen molar-refractivity contribution < 1.29 is 13.6 Å². The van der Waals surface area contributed by atoms with Crippen LogP contribution in [-0.4, -0.2) is 34.1 Å². The van der Waals surface area contributed by atoms with Crippen LogP contribution in [0, 0.1) is 13.8 Å². The number of hydrogen-bond acceptors (Lipinski definition) is 6. The van der Waals surface area contributed by atoms with Crippen molar-refractivity contribution in [2.45, 2.75) is 45.9 Å². The number of aryl methyl sites for hydroxylation is 2. The lowest BCUT2D eigenvalue weighted by Crippen LogP contribution is -2.31. The minimum absolute atomic E-state index is 0.284. The third-order valence-corrected chi connectivity index (χ3v) is 4.86. The Balaban J connectivity index is 1.52.